The van der Waals surface area contributed by atoms with Crippen LogP contribution >= 0.6 is 0 Å². The van der Waals surface area contributed by atoms with E-state index in [0.717, 1.165) is 0 Å². The number of anilines is 3. The van der Waals surface area contributed by atoms with Crippen molar-refractivity contribution in [3.63, 3.8) is 0 Å². The van der Waals surface area contributed by atoms with Crippen LogP contribution in [0.4, 0.5) is 21.7 Å². The standard InChI is InChI=1S/C10H10FN5/c11-7-3-1-2-4-8(7)14-9-5-13-6-10(15-9)16-12/h1-6H,12H2,(H2,14,15,16). The van der Waals surface area contributed by atoms with Crippen LogP contribution in [0.15, 0.2) is 36.7 Å². The maximum absolute atomic E-state index is 13.3. The monoisotopic (exact) mass is 219 g/mol. The number of nitrogens with two attached hydrogens (primary N) is 1. The van der Waals surface area contributed by atoms with Crippen molar-refractivity contribution in [2.45, 2.75) is 0 Å². The van der Waals surface area contributed by atoms with Gasteiger partial charge in [-0.15, -0.1) is 0 Å². The SMILES string of the molecule is NNc1cncc(Nc2ccccc2F)n1. The molecule has 0 radical (unpaired) electrons. The molecule has 0 fully saturated rings. The van der Waals surface area contributed by atoms with Crippen LogP contribution in [0.1, 0.15) is 0 Å². The van der Waals surface area contributed by atoms with Crippen molar-refractivity contribution in [1.82, 2.24) is 9.97 Å². The van der Waals surface area contributed by atoms with Crippen molar-refractivity contribution >= 4 is 17.3 Å². The first kappa shape index (κ1) is 10.3. The van der Waals surface area contributed by atoms with Gasteiger partial charge in [0.15, 0.2) is 11.6 Å². The average Bonchev–Trinajstić information content (AvgIpc) is 2.32. The van der Waals surface area contributed by atoms with Gasteiger partial charge in [0.2, 0.25) is 0 Å². The van der Waals surface area contributed by atoms with Gasteiger partial charge in [-0.25, -0.2) is 15.2 Å². The molecule has 0 aliphatic carbocycles. The molecule has 2 rings (SSSR count). The molecule has 0 spiro atoms. The van der Waals surface area contributed by atoms with Crippen LogP contribution in [0, 0.1) is 5.82 Å². The first-order chi connectivity index (χ1) is 7.79. The van der Waals surface area contributed by atoms with Crippen molar-refractivity contribution in [2.75, 3.05) is 10.7 Å². The fourth-order valence-corrected chi connectivity index (χ4v) is 1.20. The molecule has 0 saturated carbocycles. The van der Waals surface area contributed by atoms with Crippen molar-refractivity contribution in [1.29, 1.82) is 0 Å². The summed E-state index contributed by atoms with van der Waals surface area (Å²) in [5, 5.41) is 2.80. The highest BCUT2D eigenvalue weighted by Crippen LogP contribution is 2.17. The van der Waals surface area contributed by atoms with Gasteiger partial charge in [-0.3, -0.25) is 4.98 Å². The molecule has 0 atom stereocenters. The summed E-state index contributed by atoms with van der Waals surface area (Å²) in [7, 11) is 0. The summed E-state index contributed by atoms with van der Waals surface area (Å²) in [6.45, 7) is 0. The number of rotatable bonds is 3. The predicted molar refractivity (Wildman–Crippen MR) is 59.5 cm³/mol. The Morgan fingerprint density at radius 1 is 1.12 bits per heavy atom. The van der Waals surface area contributed by atoms with E-state index in [2.05, 4.69) is 20.7 Å². The van der Waals surface area contributed by atoms with Crippen LogP contribution in [0.2, 0.25) is 0 Å². The fourth-order valence-electron chi connectivity index (χ4n) is 1.20. The Balaban J connectivity index is 2.24. The molecule has 5 nitrogen and oxygen atoms in total. The second-order valence-electron chi connectivity index (χ2n) is 3.04. The van der Waals surface area contributed by atoms with Crippen LogP contribution in [0.5, 0.6) is 0 Å². The number of hydrogen-bond acceptors (Lipinski definition) is 5. The Morgan fingerprint density at radius 2 is 1.88 bits per heavy atom. The molecule has 0 saturated heterocycles. The molecule has 1 heterocycles. The van der Waals surface area contributed by atoms with E-state index < -0.39 is 0 Å². The molecular weight excluding hydrogens is 209 g/mol. The Kier molecular flexibility index (Phi) is 2.93. The smallest absolute Gasteiger partial charge is 0.160 e. The number of halogens is 1. The number of hydrogen-bond donors (Lipinski definition) is 3. The molecule has 0 aliphatic heterocycles. The molecular formula is C10H10FN5. The van der Waals surface area contributed by atoms with Crippen LogP contribution < -0.4 is 16.6 Å². The third-order valence-corrected chi connectivity index (χ3v) is 1.92. The molecule has 82 valence electrons. The van der Waals surface area contributed by atoms with E-state index in [0.29, 0.717) is 17.3 Å². The highest BCUT2D eigenvalue weighted by atomic mass is 19.1. The molecule has 0 unspecified atom stereocenters. The third-order valence-electron chi connectivity index (χ3n) is 1.92. The Hall–Kier alpha value is -2.21. The lowest BCUT2D eigenvalue weighted by Gasteiger charge is -2.07. The number of para-hydroxylation sites is 1. The Morgan fingerprint density at radius 3 is 2.62 bits per heavy atom. The highest BCUT2D eigenvalue weighted by Gasteiger charge is 2.02. The van der Waals surface area contributed by atoms with Gasteiger partial charge in [0.1, 0.15) is 5.82 Å². The summed E-state index contributed by atoms with van der Waals surface area (Å²) >= 11 is 0. The topological polar surface area (TPSA) is 75.9 Å². The first-order valence-electron chi connectivity index (χ1n) is 4.60. The van der Waals surface area contributed by atoms with Crippen molar-refractivity contribution in [3.8, 4) is 0 Å². The van der Waals surface area contributed by atoms with Gasteiger partial charge < -0.3 is 10.7 Å². The van der Waals surface area contributed by atoms with Gasteiger partial charge in [-0.2, -0.15) is 0 Å². The number of hydrazine groups is 1. The van der Waals surface area contributed by atoms with Crippen LogP contribution in [0.25, 0.3) is 0 Å². The zero-order chi connectivity index (χ0) is 11.4. The molecule has 1 aromatic carbocycles. The summed E-state index contributed by atoms with van der Waals surface area (Å²) in [5.74, 6) is 5.66. The molecule has 2 aromatic rings. The summed E-state index contributed by atoms with van der Waals surface area (Å²) in [4.78, 5) is 7.94. The molecule has 1 aromatic heterocycles. The van der Waals surface area contributed by atoms with E-state index in [4.69, 9.17) is 5.84 Å². The first-order valence-corrected chi connectivity index (χ1v) is 4.60. The van der Waals surface area contributed by atoms with Crippen molar-refractivity contribution < 1.29 is 4.39 Å². The molecule has 0 bridgehead atoms. The van der Waals surface area contributed by atoms with E-state index in [1.165, 1.54) is 18.5 Å². The van der Waals surface area contributed by atoms with E-state index in [1.807, 2.05) is 0 Å². The second kappa shape index (κ2) is 4.54. The Labute approximate surface area is 91.5 Å². The van der Waals surface area contributed by atoms with E-state index in [9.17, 15) is 4.39 Å². The minimum Gasteiger partial charge on any atom is -0.336 e. The van der Waals surface area contributed by atoms with Crippen LogP contribution in [-0.4, -0.2) is 9.97 Å². The van der Waals surface area contributed by atoms with Gasteiger partial charge in [-0.1, -0.05) is 12.1 Å². The average molecular weight is 219 g/mol. The summed E-state index contributed by atoms with van der Waals surface area (Å²) in [6, 6.07) is 6.31. The number of benzene rings is 1. The maximum atomic E-state index is 13.3. The summed E-state index contributed by atoms with van der Waals surface area (Å²) in [6.07, 6.45) is 2.94. The lowest BCUT2D eigenvalue weighted by atomic mass is 10.3. The highest BCUT2D eigenvalue weighted by molar-refractivity contribution is 5.57. The summed E-state index contributed by atoms with van der Waals surface area (Å²) in [5.41, 5.74) is 2.70. The number of nitrogens with zero attached hydrogens (tertiary/aromatic N) is 2. The van der Waals surface area contributed by atoms with Gasteiger partial charge in [0, 0.05) is 0 Å². The van der Waals surface area contributed by atoms with Crippen molar-refractivity contribution in [2.24, 2.45) is 5.84 Å². The normalized spacial score (nSPS) is 9.88. The lowest BCUT2D eigenvalue weighted by molar-refractivity contribution is 0.632. The lowest BCUT2D eigenvalue weighted by Crippen LogP contribution is -2.09. The van der Waals surface area contributed by atoms with Gasteiger partial charge in [0.25, 0.3) is 0 Å². The molecule has 0 aliphatic rings. The van der Waals surface area contributed by atoms with Gasteiger partial charge in [0.05, 0.1) is 18.1 Å². The van der Waals surface area contributed by atoms with Crippen LogP contribution in [-0.2, 0) is 0 Å². The van der Waals surface area contributed by atoms with Gasteiger partial charge in [-0.05, 0) is 12.1 Å². The van der Waals surface area contributed by atoms with E-state index in [-0.39, 0.29) is 5.82 Å². The fraction of sp³-hybridized carbons (Fsp3) is 0. The largest absolute Gasteiger partial charge is 0.336 e. The minimum absolute atomic E-state index is 0.339. The number of nitrogen functional groups attached to an aromatic ring is 1. The van der Waals surface area contributed by atoms with E-state index >= 15 is 0 Å². The van der Waals surface area contributed by atoms with Gasteiger partial charge >= 0.3 is 0 Å². The maximum Gasteiger partial charge on any atom is 0.160 e. The minimum atomic E-state index is -0.351. The number of nitrogens with one attached hydrogen (secondary N) is 2. The zero-order valence-corrected chi connectivity index (χ0v) is 8.31. The zero-order valence-electron chi connectivity index (χ0n) is 8.31. The predicted octanol–water partition coefficient (Wildman–Crippen LogP) is 1.64. The molecule has 4 N–H and O–H groups in total. The number of aromatic nitrogens is 2. The van der Waals surface area contributed by atoms with Crippen LogP contribution in [0.3, 0.4) is 0 Å². The third kappa shape index (κ3) is 2.23. The summed E-state index contributed by atoms with van der Waals surface area (Å²) < 4.78 is 13.3. The second-order valence-corrected chi connectivity index (χ2v) is 3.04. The Bertz CT molecular complexity index is 488. The van der Waals surface area contributed by atoms with Crippen molar-refractivity contribution in [3.05, 3.63) is 42.5 Å². The molecule has 0 amide bonds. The van der Waals surface area contributed by atoms with E-state index in [1.54, 1.807) is 18.2 Å². The molecule has 16 heavy (non-hydrogen) atoms. The molecule has 6 heteroatoms. The quantitative estimate of drug-likeness (QED) is 0.540.